The Kier molecular flexibility index (Phi) is 4.95. The van der Waals surface area contributed by atoms with Gasteiger partial charge in [-0.2, -0.15) is 0 Å². The van der Waals surface area contributed by atoms with E-state index in [-0.39, 0.29) is 23.6 Å². The standard InChI is InChI=1S/C20H17F2N3O2S/c21-13-4-6-14(7-5-13)23-20(27)25-10-8-24(9-11-25)19(26)18-12-15-16(22)2-1-3-17(15)28-18/h1-7,12H,8-11H2,(H,23,27). The number of thiophene rings is 1. The number of urea groups is 1. The van der Waals surface area contributed by atoms with E-state index in [9.17, 15) is 18.4 Å². The predicted molar refractivity (Wildman–Crippen MR) is 105 cm³/mol. The lowest BCUT2D eigenvalue weighted by Gasteiger charge is -2.34. The second kappa shape index (κ2) is 7.55. The minimum atomic E-state index is -0.369. The van der Waals surface area contributed by atoms with Gasteiger partial charge in [-0.25, -0.2) is 13.6 Å². The number of nitrogens with one attached hydrogen (secondary N) is 1. The van der Waals surface area contributed by atoms with Crippen LogP contribution < -0.4 is 5.32 Å². The van der Waals surface area contributed by atoms with Crippen LogP contribution >= 0.6 is 11.3 Å². The van der Waals surface area contributed by atoms with Gasteiger partial charge in [0.25, 0.3) is 5.91 Å². The number of halogens is 2. The summed E-state index contributed by atoms with van der Waals surface area (Å²) < 4.78 is 27.5. The molecule has 144 valence electrons. The number of fused-ring (bicyclic) bond motifs is 1. The maximum Gasteiger partial charge on any atom is 0.321 e. The molecule has 2 heterocycles. The van der Waals surface area contributed by atoms with Crippen LogP contribution in [-0.4, -0.2) is 47.9 Å². The van der Waals surface area contributed by atoms with Crippen molar-refractivity contribution in [2.45, 2.75) is 0 Å². The summed E-state index contributed by atoms with van der Waals surface area (Å²) in [6.07, 6.45) is 0. The van der Waals surface area contributed by atoms with Crippen LogP contribution in [0, 0.1) is 11.6 Å². The van der Waals surface area contributed by atoms with Gasteiger partial charge in [0.2, 0.25) is 0 Å². The molecule has 1 saturated heterocycles. The first-order valence-corrected chi connectivity index (χ1v) is 9.62. The van der Waals surface area contributed by atoms with Crippen LogP contribution in [0.2, 0.25) is 0 Å². The van der Waals surface area contributed by atoms with E-state index in [1.807, 2.05) is 0 Å². The highest BCUT2D eigenvalue weighted by atomic mass is 32.1. The van der Waals surface area contributed by atoms with Gasteiger partial charge in [-0.05, 0) is 42.5 Å². The van der Waals surface area contributed by atoms with E-state index in [1.54, 1.807) is 28.0 Å². The zero-order chi connectivity index (χ0) is 19.7. The van der Waals surface area contributed by atoms with E-state index in [1.165, 1.54) is 41.7 Å². The van der Waals surface area contributed by atoms with Gasteiger partial charge in [0, 0.05) is 42.0 Å². The molecule has 3 aromatic rings. The molecule has 5 nitrogen and oxygen atoms in total. The summed E-state index contributed by atoms with van der Waals surface area (Å²) in [5, 5.41) is 3.17. The van der Waals surface area contributed by atoms with Crippen molar-refractivity contribution >= 4 is 39.0 Å². The van der Waals surface area contributed by atoms with E-state index in [4.69, 9.17) is 0 Å². The highest BCUT2D eigenvalue weighted by molar-refractivity contribution is 7.20. The molecule has 1 aliphatic heterocycles. The zero-order valence-electron chi connectivity index (χ0n) is 14.8. The molecule has 1 fully saturated rings. The van der Waals surface area contributed by atoms with Crippen molar-refractivity contribution in [2.24, 2.45) is 0 Å². The lowest BCUT2D eigenvalue weighted by molar-refractivity contribution is 0.0676. The fourth-order valence-corrected chi connectivity index (χ4v) is 4.18. The third kappa shape index (κ3) is 3.68. The average molecular weight is 401 g/mol. The summed E-state index contributed by atoms with van der Waals surface area (Å²) >= 11 is 1.27. The van der Waals surface area contributed by atoms with Crippen molar-refractivity contribution < 1.29 is 18.4 Å². The number of benzene rings is 2. The van der Waals surface area contributed by atoms with Gasteiger partial charge in [-0.15, -0.1) is 11.3 Å². The van der Waals surface area contributed by atoms with Gasteiger partial charge in [0.1, 0.15) is 11.6 Å². The zero-order valence-corrected chi connectivity index (χ0v) is 15.6. The first-order valence-electron chi connectivity index (χ1n) is 8.80. The smallest absolute Gasteiger partial charge is 0.321 e. The van der Waals surface area contributed by atoms with Crippen LogP contribution in [0.4, 0.5) is 19.3 Å². The van der Waals surface area contributed by atoms with Crippen molar-refractivity contribution in [3.63, 3.8) is 0 Å². The monoisotopic (exact) mass is 401 g/mol. The SMILES string of the molecule is O=C(Nc1ccc(F)cc1)N1CCN(C(=O)c2cc3c(F)cccc3s2)CC1. The summed E-state index contributed by atoms with van der Waals surface area (Å²) in [4.78, 5) is 28.8. The number of amides is 3. The molecular weight excluding hydrogens is 384 g/mol. The van der Waals surface area contributed by atoms with Crippen LogP contribution in [0.1, 0.15) is 9.67 Å². The summed E-state index contributed by atoms with van der Waals surface area (Å²) in [6, 6.07) is 11.6. The van der Waals surface area contributed by atoms with Gasteiger partial charge >= 0.3 is 6.03 Å². The third-order valence-corrected chi connectivity index (χ3v) is 5.76. The summed E-state index contributed by atoms with van der Waals surface area (Å²) in [5.74, 6) is -0.861. The van der Waals surface area contributed by atoms with Gasteiger partial charge < -0.3 is 15.1 Å². The highest BCUT2D eigenvalue weighted by Crippen LogP contribution is 2.28. The Bertz CT molecular complexity index is 1030. The molecule has 0 radical (unpaired) electrons. The number of hydrogen-bond acceptors (Lipinski definition) is 3. The molecule has 2 aromatic carbocycles. The lowest BCUT2D eigenvalue weighted by atomic mass is 10.2. The van der Waals surface area contributed by atoms with E-state index >= 15 is 0 Å². The van der Waals surface area contributed by atoms with E-state index in [0.717, 1.165) is 4.70 Å². The number of piperazine rings is 1. The topological polar surface area (TPSA) is 52.7 Å². The van der Waals surface area contributed by atoms with Crippen molar-refractivity contribution in [1.82, 2.24) is 9.80 Å². The molecule has 0 bridgehead atoms. The molecular formula is C20H17F2N3O2S. The van der Waals surface area contributed by atoms with Crippen LogP contribution in [0.3, 0.4) is 0 Å². The molecule has 8 heteroatoms. The Morgan fingerprint density at radius 2 is 1.61 bits per heavy atom. The van der Waals surface area contributed by atoms with Crippen LogP contribution in [0.5, 0.6) is 0 Å². The molecule has 1 aliphatic rings. The minimum absolute atomic E-state index is 0.154. The van der Waals surface area contributed by atoms with Crippen molar-refractivity contribution in [1.29, 1.82) is 0 Å². The summed E-state index contributed by atoms with van der Waals surface area (Å²) in [5.41, 5.74) is 0.511. The predicted octanol–water partition coefficient (Wildman–Crippen LogP) is 4.17. The Morgan fingerprint density at radius 3 is 2.29 bits per heavy atom. The summed E-state index contributed by atoms with van der Waals surface area (Å²) in [7, 11) is 0. The fourth-order valence-electron chi connectivity index (χ4n) is 3.13. The molecule has 0 aliphatic carbocycles. The van der Waals surface area contributed by atoms with Crippen LogP contribution in [0.25, 0.3) is 10.1 Å². The first-order chi connectivity index (χ1) is 13.5. The third-order valence-electron chi connectivity index (χ3n) is 4.67. The molecule has 1 aromatic heterocycles. The molecule has 0 atom stereocenters. The molecule has 1 N–H and O–H groups in total. The van der Waals surface area contributed by atoms with Gasteiger partial charge in [-0.3, -0.25) is 4.79 Å². The van der Waals surface area contributed by atoms with Gasteiger partial charge in [0.05, 0.1) is 4.88 Å². The van der Waals surface area contributed by atoms with E-state index < -0.39 is 0 Å². The minimum Gasteiger partial charge on any atom is -0.334 e. The molecule has 4 rings (SSSR count). The Balaban J connectivity index is 1.37. The fraction of sp³-hybridized carbons (Fsp3) is 0.200. The first kappa shape index (κ1) is 18.4. The van der Waals surface area contributed by atoms with E-state index in [2.05, 4.69) is 5.32 Å². The number of carbonyl (C=O) groups excluding carboxylic acids is 2. The van der Waals surface area contributed by atoms with Crippen LogP contribution in [0.15, 0.2) is 48.5 Å². The van der Waals surface area contributed by atoms with Gasteiger partial charge in [-0.1, -0.05) is 6.07 Å². The highest BCUT2D eigenvalue weighted by Gasteiger charge is 2.26. The maximum absolute atomic E-state index is 13.9. The number of carbonyl (C=O) groups is 2. The molecule has 28 heavy (non-hydrogen) atoms. The summed E-state index contributed by atoms with van der Waals surface area (Å²) in [6.45, 7) is 1.56. The molecule has 3 amide bonds. The van der Waals surface area contributed by atoms with Crippen molar-refractivity contribution in [3.05, 3.63) is 65.0 Å². The maximum atomic E-state index is 13.9. The second-order valence-electron chi connectivity index (χ2n) is 6.48. The quantitative estimate of drug-likeness (QED) is 0.701. The van der Waals surface area contributed by atoms with Gasteiger partial charge in [0.15, 0.2) is 0 Å². The van der Waals surface area contributed by atoms with Crippen molar-refractivity contribution in [2.75, 3.05) is 31.5 Å². The molecule has 0 spiro atoms. The number of rotatable bonds is 2. The molecule has 0 unspecified atom stereocenters. The normalized spacial score (nSPS) is 14.4. The Hall–Kier alpha value is -3.00. The second-order valence-corrected chi connectivity index (χ2v) is 7.56. The number of anilines is 1. The lowest BCUT2D eigenvalue weighted by Crippen LogP contribution is -2.51. The Labute approximate surface area is 164 Å². The number of hydrogen-bond donors (Lipinski definition) is 1. The van der Waals surface area contributed by atoms with E-state index in [0.29, 0.717) is 42.1 Å². The number of nitrogens with zero attached hydrogens (tertiary/aromatic N) is 2. The Morgan fingerprint density at radius 1 is 0.929 bits per heavy atom. The van der Waals surface area contributed by atoms with Crippen LogP contribution in [-0.2, 0) is 0 Å². The molecule has 0 saturated carbocycles. The van der Waals surface area contributed by atoms with Crippen molar-refractivity contribution in [3.8, 4) is 0 Å². The largest absolute Gasteiger partial charge is 0.334 e. The average Bonchev–Trinajstić information content (AvgIpc) is 3.15.